The SMILES string of the molecule is c1ccc2sc3cccc(-c4nc(-c5cccc(-n6c7ccccc7c7ccc(-c8ccccc8)cc76)c5)nc(-c5ccc6c(c5)sc5ccccc56)n4)c3c2c#1. The Balaban J connectivity index is 1.08. The minimum Gasteiger partial charge on any atom is -0.309 e. The van der Waals surface area contributed by atoms with Crippen molar-refractivity contribution in [2.45, 2.75) is 0 Å². The van der Waals surface area contributed by atoms with Gasteiger partial charge in [0.05, 0.1) is 16.4 Å². The molecule has 12 rings (SSSR count). The van der Waals surface area contributed by atoms with Crippen LogP contribution in [0.25, 0.3) is 113 Å². The second kappa shape index (κ2) is 12.7. The van der Waals surface area contributed by atoms with Crippen molar-refractivity contribution in [2.24, 2.45) is 0 Å². The Morgan fingerprint density at radius 3 is 2.00 bits per heavy atom. The summed E-state index contributed by atoms with van der Waals surface area (Å²) >= 11 is 3.55. The van der Waals surface area contributed by atoms with Gasteiger partial charge in [-0.2, -0.15) is 0 Å². The lowest BCUT2D eigenvalue weighted by molar-refractivity contribution is 1.07. The fourth-order valence-corrected chi connectivity index (χ4v) is 10.5. The minimum absolute atomic E-state index is 0.617. The van der Waals surface area contributed by atoms with Crippen LogP contribution in [-0.2, 0) is 0 Å². The van der Waals surface area contributed by atoms with E-state index in [2.05, 4.69) is 180 Å². The van der Waals surface area contributed by atoms with Gasteiger partial charge in [-0.1, -0.05) is 127 Å². The van der Waals surface area contributed by atoms with Crippen LogP contribution in [0.2, 0.25) is 0 Å². The van der Waals surface area contributed by atoms with Crippen molar-refractivity contribution in [1.82, 2.24) is 19.5 Å². The smallest absolute Gasteiger partial charge is 0.164 e. The van der Waals surface area contributed by atoms with Gasteiger partial charge < -0.3 is 4.57 Å². The van der Waals surface area contributed by atoms with E-state index in [1.165, 1.54) is 42.1 Å². The molecule has 0 aliphatic carbocycles. The van der Waals surface area contributed by atoms with Gasteiger partial charge in [-0.15, -0.1) is 22.7 Å². The van der Waals surface area contributed by atoms with Gasteiger partial charge in [0.25, 0.3) is 0 Å². The fraction of sp³-hybridized carbons (Fsp3) is 0. The number of aromatic nitrogens is 4. The monoisotopic (exact) mass is 760 g/mol. The third-order valence-electron chi connectivity index (χ3n) is 10.9. The summed E-state index contributed by atoms with van der Waals surface area (Å²) in [6, 6.07) is 66.7. The highest BCUT2D eigenvalue weighted by atomic mass is 32.1. The van der Waals surface area contributed by atoms with E-state index >= 15 is 0 Å². The van der Waals surface area contributed by atoms with Crippen molar-refractivity contribution in [3.05, 3.63) is 182 Å². The highest BCUT2D eigenvalue weighted by Gasteiger charge is 2.19. The predicted octanol–water partition coefficient (Wildman–Crippen LogP) is 14.0. The van der Waals surface area contributed by atoms with Gasteiger partial charge in [0.15, 0.2) is 17.5 Å². The van der Waals surface area contributed by atoms with Crippen LogP contribution in [0.3, 0.4) is 0 Å². The Kier molecular flexibility index (Phi) is 7.15. The summed E-state index contributed by atoms with van der Waals surface area (Å²) in [4.78, 5) is 15.8. The van der Waals surface area contributed by atoms with E-state index in [9.17, 15) is 0 Å². The van der Waals surface area contributed by atoms with Gasteiger partial charge in [0.1, 0.15) is 0 Å². The van der Waals surface area contributed by atoms with E-state index in [1.807, 2.05) is 6.07 Å². The molecule has 4 aromatic heterocycles. The maximum absolute atomic E-state index is 5.29. The van der Waals surface area contributed by atoms with E-state index in [1.54, 1.807) is 22.7 Å². The van der Waals surface area contributed by atoms with Gasteiger partial charge in [0.2, 0.25) is 0 Å². The molecule has 12 aromatic rings. The summed E-state index contributed by atoms with van der Waals surface area (Å²) in [5.41, 5.74) is 8.51. The number of hydrogen-bond donors (Lipinski definition) is 0. The molecule has 8 aromatic carbocycles. The molecule has 0 N–H and O–H groups in total. The minimum atomic E-state index is 0.617. The molecule has 0 unspecified atom stereocenters. The molecule has 0 radical (unpaired) electrons. The van der Waals surface area contributed by atoms with Crippen molar-refractivity contribution in [3.8, 4) is 51.0 Å². The Bertz CT molecular complexity index is 3540. The molecule has 4 heterocycles. The lowest BCUT2D eigenvalue weighted by atomic mass is 10.0. The molecule has 6 heteroatoms. The van der Waals surface area contributed by atoms with Crippen LogP contribution in [0.1, 0.15) is 0 Å². The molecule has 0 spiro atoms. The van der Waals surface area contributed by atoms with Gasteiger partial charge >= 0.3 is 0 Å². The summed E-state index contributed by atoms with van der Waals surface area (Å²) < 4.78 is 7.16. The largest absolute Gasteiger partial charge is 0.309 e. The molecule has 0 atom stereocenters. The average Bonchev–Trinajstić information content (AvgIpc) is 3.95. The zero-order valence-electron chi connectivity index (χ0n) is 30.3. The first kappa shape index (κ1) is 32.1. The average molecular weight is 761 g/mol. The Hall–Kier alpha value is -7.17. The second-order valence-electron chi connectivity index (χ2n) is 14.2. The van der Waals surface area contributed by atoms with E-state index in [0.29, 0.717) is 17.5 Å². The van der Waals surface area contributed by atoms with Gasteiger partial charge in [-0.05, 0) is 65.7 Å². The van der Waals surface area contributed by atoms with Crippen molar-refractivity contribution in [1.29, 1.82) is 0 Å². The molecule has 4 nitrogen and oxygen atoms in total. The maximum Gasteiger partial charge on any atom is 0.164 e. The number of nitrogens with zero attached hydrogens (tertiary/aromatic N) is 4. The van der Waals surface area contributed by atoms with Crippen LogP contribution in [-0.4, -0.2) is 19.5 Å². The molecule has 0 bridgehead atoms. The number of rotatable bonds is 5. The molecular formula is C51H28N4S2. The van der Waals surface area contributed by atoms with Crippen LogP contribution in [0.15, 0.2) is 170 Å². The zero-order valence-corrected chi connectivity index (χ0v) is 31.9. The topological polar surface area (TPSA) is 43.6 Å². The molecule has 57 heavy (non-hydrogen) atoms. The maximum atomic E-state index is 5.29. The van der Waals surface area contributed by atoms with E-state index in [0.717, 1.165) is 53.6 Å². The lowest BCUT2D eigenvalue weighted by Gasteiger charge is -2.12. The van der Waals surface area contributed by atoms with Crippen LogP contribution in [0.4, 0.5) is 0 Å². The first-order chi connectivity index (χ1) is 28.2. The molecule has 0 aliphatic heterocycles. The van der Waals surface area contributed by atoms with Gasteiger partial charge in [-0.25, -0.2) is 15.0 Å². The van der Waals surface area contributed by atoms with Crippen LogP contribution >= 0.6 is 22.7 Å². The Morgan fingerprint density at radius 2 is 1.09 bits per heavy atom. The van der Waals surface area contributed by atoms with E-state index < -0.39 is 0 Å². The molecule has 0 amide bonds. The van der Waals surface area contributed by atoms with Crippen molar-refractivity contribution < 1.29 is 0 Å². The molecule has 0 fully saturated rings. The van der Waals surface area contributed by atoms with Crippen molar-refractivity contribution in [2.75, 3.05) is 0 Å². The van der Waals surface area contributed by atoms with Crippen molar-refractivity contribution in [3.63, 3.8) is 0 Å². The summed E-state index contributed by atoms with van der Waals surface area (Å²) in [5.74, 6) is 1.88. The first-order valence-electron chi connectivity index (χ1n) is 18.8. The number of para-hydroxylation sites is 1. The van der Waals surface area contributed by atoms with E-state index in [4.69, 9.17) is 15.0 Å². The standard InChI is InChI=1S/C51H28N4S2/c1-2-12-31(13-3-1)32-24-26-37-36-16-4-7-20-42(36)55(43(37)29-32)35-15-10-14-33(28-35)49-52-50(34-25-27-39-38-17-5-8-21-44(38)57-47(39)30-34)54-51(53-49)41-19-11-23-46-48(41)40-18-6-9-22-45(40)56-46/h1-5,7-17,19-30H. The molecule has 0 saturated heterocycles. The summed E-state index contributed by atoms with van der Waals surface area (Å²) in [6.45, 7) is 0. The third kappa shape index (κ3) is 5.18. The summed E-state index contributed by atoms with van der Waals surface area (Å²) in [5, 5.41) is 7.05. The molecule has 0 aliphatic rings. The van der Waals surface area contributed by atoms with Crippen LogP contribution in [0, 0.1) is 12.1 Å². The highest BCUT2D eigenvalue weighted by Crippen LogP contribution is 2.41. The van der Waals surface area contributed by atoms with Crippen LogP contribution < -0.4 is 0 Å². The van der Waals surface area contributed by atoms with Crippen LogP contribution in [0.5, 0.6) is 0 Å². The molecular weight excluding hydrogens is 733 g/mol. The number of benzene rings is 7. The lowest BCUT2D eigenvalue weighted by Crippen LogP contribution is -2.01. The second-order valence-corrected chi connectivity index (χ2v) is 16.4. The summed E-state index contributed by atoms with van der Waals surface area (Å²) in [7, 11) is 0. The normalized spacial score (nSPS) is 11.7. The summed E-state index contributed by atoms with van der Waals surface area (Å²) in [6.07, 6.45) is 0. The number of hydrogen-bond acceptors (Lipinski definition) is 5. The fourth-order valence-electron chi connectivity index (χ4n) is 8.29. The van der Waals surface area contributed by atoms with Crippen molar-refractivity contribution >= 4 is 84.8 Å². The van der Waals surface area contributed by atoms with Gasteiger partial charge in [-0.3, -0.25) is 0 Å². The van der Waals surface area contributed by atoms with Gasteiger partial charge in [0, 0.05) is 68.1 Å². The zero-order chi connectivity index (χ0) is 37.5. The molecule has 264 valence electrons. The van der Waals surface area contributed by atoms with E-state index in [-0.39, 0.29) is 0 Å². The third-order valence-corrected chi connectivity index (χ3v) is 13.2. The number of thiophene rings is 2. The molecule has 0 saturated carbocycles. The predicted molar refractivity (Wildman–Crippen MR) is 239 cm³/mol. The Labute approximate surface area is 335 Å². The number of fused-ring (bicyclic) bond motifs is 9. The first-order valence-corrected chi connectivity index (χ1v) is 20.5. The quantitative estimate of drug-likeness (QED) is 0.175. The Morgan fingerprint density at radius 1 is 0.421 bits per heavy atom. The highest BCUT2D eigenvalue weighted by molar-refractivity contribution is 7.26.